The van der Waals surface area contributed by atoms with Crippen molar-refractivity contribution in [3.63, 3.8) is 0 Å². The zero-order valence-electron chi connectivity index (χ0n) is 16.2. The molecule has 0 aliphatic rings. The summed E-state index contributed by atoms with van der Waals surface area (Å²) in [5.41, 5.74) is 2.82. The van der Waals surface area contributed by atoms with Crippen molar-refractivity contribution in [1.29, 1.82) is 0 Å². The monoisotopic (exact) mass is 442 g/mol. The summed E-state index contributed by atoms with van der Waals surface area (Å²) in [5, 5.41) is 0. The lowest BCUT2D eigenvalue weighted by molar-refractivity contribution is 0.112. The standard InChI is InChI=1S/C21H20N2O5S2/c1-15-3-8-18(9-4-15)22(29(25)26)20-12-7-17(14-24)13-21(20)23(30(27)28)19-10-5-16(2)6-11-19/h3-14H,1-2H3,(H,25,26)(H,27,28)/p-2. The van der Waals surface area contributed by atoms with Gasteiger partial charge in [0.25, 0.3) is 0 Å². The van der Waals surface area contributed by atoms with Crippen molar-refractivity contribution in [2.24, 2.45) is 0 Å². The number of carbonyl (C=O) groups excluding carboxylic acids is 1. The van der Waals surface area contributed by atoms with Gasteiger partial charge in [-0.25, -0.2) is 0 Å². The molecule has 30 heavy (non-hydrogen) atoms. The minimum atomic E-state index is -2.78. The van der Waals surface area contributed by atoms with E-state index in [2.05, 4.69) is 0 Å². The zero-order valence-corrected chi connectivity index (χ0v) is 17.8. The highest BCUT2D eigenvalue weighted by Gasteiger charge is 2.21. The summed E-state index contributed by atoms with van der Waals surface area (Å²) in [4.78, 5) is 11.3. The topological polar surface area (TPSA) is 104 Å². The van der Waals surface area contributed by atoms with Crippen LogP contribution in [0.3, 0.4) is 0 Å². The van der Waals surface area contributed by atoms with Gasteiger partial charge in [-0.05, 0) is 56.3 Å². The number of aldehydes is 1. The summed E-state index contributed by atoms with van der Waals surface area (Å²) in [5.74, 6) is 0. The van der Waals surface area contributed by atoms with E-state index in [1.807, 2.05) is 13.8 Å². The van der Waals surface area contributed by atoms with Crippen molar-refractivity contribution >= 4 is 51.6 Å². The van der Waals surface area contributed by atoms with E-state index in [1.54, 1.807) is 48.5 Å². The first-order chi connectivity index (χ1) is 14.3. The first-order valence-electron chi connectivity index (χ1n) is 8.83. The van der Waals surface area contributed by atoms with E-state index >= 15 is 0 Å². The molecule has 0 saturated heterocycles. The highest BCUT2D eigenvalue weighted by Crippen LogP contribution is 2.40. The molecule has 0 radical (unpaired) electrons. The molecule has 0 heterocycles. The molecular weight excluding hydrogens is 424 g/mol. The van der Waals surface area contributed by atoms with Crippen LogP contribution in [0.2, 0.25) is 0 Å². The third kappa shape index (κ3) is 4.65. The molecule has 0 fully saturated rings. The Balaban J connectivity index is 2.25. The minimum absolute atomic E-state index is 0.0292. The van der Waals surface area contributed by atoms with Crippen molar-refractivity contribution in [3.05, 3.63) is 83.4 Å². The maximum atomic E-state index is 12.2. The number of nitrogens with zero attached hydrogens (tertiary/aromatic N) is 2. The quantitative estimate of drug-likeness (QED) is 0.407. The van der Waals surface area contributed by atoms with Gasteiger partial charge in [0.2, 0.25) is 0 Å². The molecule has 2 atom stereocenters. The third-order valence-electron chi connectivity index (χ3n) is 4.41. The fourth-order valence-corrected chi connectivity index (χ4v) is 4.13. The Bertz CT molecular complexity index is 1100. The van der Waals surface area contributed by atoms with Crippen LogP contribution < -0.4 is 8.61 Å². The van der Waals surface area contributed by atoms with E-state index in [0.29, 0.717) is 17.7 Å². The highest BCUT2D eigenvalue weighted by atomic mass is 32.2. The molecule has 9 heteroatoms. The van der Waals surface area contributed by atoms with E-state index in [-0.39, 0.29) is 16.9 Å². The molecule has 0 saturated carbocycles. The number of anilines is 4. The molecular formula is C21H18N2O5S2-2. The van der Waals surface area contributed by atoms with Gasteiger partial charge in [-0.2, -0.15) is 0 Å². The summed E-state index contributed by atoms with van der Waals surface area (Å²) in [6, 6.07) is 17.6. The largest absolute Gasteiger partial charge is 0.755 e. The number of benzene rings is 3. The number of rotatable bonds is 7. The molecule has 2 unspecified atom stereocenters. The average Bonchev–Trinajstić information content (AvgIpc) is 2.71. The second-order valence-corrected chi connectivity index (χ2v) is 8.16. The van der Waals surface area contributed by atoms with E-state index < -0.39 is 22.5 Å². The summed E-state index contributed by atoms with van der Waals surface area (Å²) < 4.78 is 50.6. The summed E-state index contributed by atoms with van der Waals surface area (Å²) in [7, 11) is 0. The lowest BCUT2D eigenvalue weighted by atomic mass is 10.1. The highest BCUT2D eigenvalue weighted by molar-refractivity contribution is 7.81. The van der Waals surface area contributed by atoms with E-state index in [4.69, 9.17) is 0 Å². The number of hydrogen-bond donors (Lipinski definition) is 0. The Kier molecular flexibility index (Phi) is 6.78. The maximum Gasteiger partial charge on any atom is 0.150 e. The van der Waals surface area contributed by atoms with Gasteiger partial charge in [0.1, 0.15) is 6.29 Å². The van der Waals surface area contributed by atoms with E-state index in [1.165, 1.54) is 18.2 Å². The molecule has 3 rings (SSSR count). The molecule has 3 aromatic carbocycles. The lowest BCUT2D eigenvalue weighted by Gasteiger charge is -2.34. The molecule has 0 amide bonds. The molecule has 0 bridgehead atoms. The van der Waals surface area contributed by atoms with Gasteiger partial charge in [0.15, 0.2) is 0 Å². The van der Waals surface area contributed by atoms with Crippen molar-refractivity contribution in [3.8, 4) is 0 Å². The predicted octanol–water partition coefficient (Wildman–Crippen LogP) is 3.98. The Morgan fingerprint density at radius 3 is 1.53 bits per heavy atom. The molecule has 156 valence electrons. The van der Waals surface area contributed by atoms with Crippen LogP contribution in [0.4, 0.5) is 22.7 Å². The molecule has 0 spiro atoms. The number of carbonyl (C=O) groups is 1. The van der Waals surface area contributed by atoms with Gasteiger partial charge >= 0.3 is 0 Å². The van der Waals surface area contributed by atoms with Gasteiger partial charge in [-0.1, -0.05) is 35.4 Å². The number of aryl methyl sites for hydroxylation is 2. The summed E-state index contributed by atoms with van der Waals surface area (Å²) in [6.45, 7) is 3.73. The van der Waals surface area contributed by atoms with Crippen LogP contribution in [-0.4, -0.2) is 23.8 Å². The fourth-order valence-electron chi connectivity index (χ4n) is 2.92. The molecule has 0 aliphatic carbocycles. The first-order valence-corrected chi connectivity index (χ1v) is 10.9. The van der Waals surface area contributed by atoms with Crippen LogP contribution in [0.1, 0.15) is 21.5 Å². The summed E-state index contributed by atoms with van der Waals surface area (Å²) in [6.07, 6.45) is 0.568. The Labute approximate surface area is 179 Å². The van der Waals surface area contributed by atoms with Gasteiger partial charge in [-0.15, -0.1) is 0 Å². The molecule has 0 aliphatic heterocycles. The minimum Gasteiger partial charge on any atom is -0.755 e. The second-order valence-electron chi connectivity index (χ2n) is 6.56. The first kappa shape index (κ1) is 21.8. The van der Waals surface area contributed by atoms with Crippen molar-refractivity contribution in [1.82, 2.24) is 0 Å². The zero-order chi connectivity index (χ0) is 21.8. The van der Waals surface area contributed by atoms with Crippen LogP contribution in [-0.2, 0) is 22.5 Å². The smallest absolute Gasteiger partial charge is 0.150 e. The van der Waals surface area contributed by atoms with Crippen molar-refractivity contribution in [2.75, 3.05) is 8.61 Å². The van der Waals surface area contributed by atoms with Gasteiger partial charge < -0.3 is 9.11 Å². The normalized spacial score (nSPS) is 12.8. The van der Waals surface area contributed by atoms with Crippen molar-refractivity contribution < 1.29 is 22.3 Å². The van der Waals surface area contributed by atoms with Gasteiger partial charge in [0, 0.05) is 5.56 Å². The Morgan fingerprint density at radius 1 is 0.700 bits per heavy atom. The number of hydrogen-bond acceptors (Lipinski definition) is 5. The Hall–Kier alpha value is -2.85. The predicted molar refractivity (Wildman–Crippen MR) is 116 cm³/mol. The summed E-state index contributed by atoms with van der Waals surface area (Å²) >= 11 is -5.54. The Morgan fingerprint density at radius 2 is 1.13 bits per heavy atom. The second kappa shape index (κ2) is 9.31. The van der Waals surface area contributed by atoms with Gasteiger partial charge in [0.05, 0.1) is 45.3 Å². The molecule has 7 nitrogen and oxygen atoms in total. The third-order valence-corrected chi connectivity index (χ3v) is 5.82. The van der Waals surface area contributed by atoms with Crippen LogP contribution in [0.25, 0.3) is 0 Å². The molecule has 0 N–H and O–H groups in total. The maximum absolute atomic E-state index is 12.2. The molecule has 0 aromatic heterocycles. The van der Waals surface area contributed by atoms with E-state index in [9.17, 15) is 22.3 Å². The lowest BCUT2D eigenvalue weighted by Crippen LogP contribution is -2.25. The van der Waals surface area contributed by atoms with Crippen LogP contribution in [0, 0.1) is 13.8 Å². The molecule has 3 aromatic rings. The van der Waals surface area contributed by atoms with E-state index in [0.717, 1.165) is 19.7 Å². The van der Waals surface area contributed by atoms with Crippen molar-refractivity contribution in [2.45, 2.75) is 13.8 Å². The van der Waals surface area contributed by atoms with Gasteiger partial charge in [-0.3, -0.25) is 21.8 Å². The van der Waals surface area contributed by atoms with Crippen LogP contribution >= 0.6 is 0 Å². The fraction of sp³-hybridized carbons (Fsp3) is 0.0952. The SMILES string of the molecule is Cc1ccc(N(c2ccc(C=O)cc2N(c2ccc(C)cc2)S(=O)[O-])S(=O)[O-])cc1. The average molecular weight is 443 g/mol. The van der Waals surface area contributed by atoms with Crippen LogP contribution in [0.5, 0.6) is 0 Å². The van der Waals surface area contributed by atoms with Crippen LogP contribution in [0.15, 0.2) is 66.7 Å².